The minimum atomic E-state index is -0.414. The fourth-order valence-corrected chi connectivity index (χ4v) is 1.58. The topological polar surface area (TPSA) is 60.5 Å². The standard InChI is InChI=1S/C11H14N2O3/c1-15-9-4-8(5-13-6-9)11(14)10-7-12-2-3-16-10/h4-6,10,12H,2-3,7H2,1H3. The van der Waals surface area contributed by atoms with Gasteiger partial charge in [0.05, 0.1) is 19.9 Å². The van der Waals surface area contributed by atoms with E-state index in [4.69, 9.17) is 9.47 Å². The molecule has 1 aromatic heterocycles. The molecule has 0 radical (unpaired) electrons. The molecule has 1 N–H and O–H groups in total. The largest absolute Gasteiger partial charge is 0.495 e. The van der Waals surface area contributed by atoms with Crippen molar-refractivity contribution < 1.29 is 14.3 Å². The Hall–Kier alpha value is -1.46. The van der Waals surface area contributed by atoms with Crippen LogP contribution >= 0.6 is 0 Å². The molecule has 1 aliphatic rings. The molecule has 1 saturated heterocycles. The van der Waals surface area contributed by atoms with Gasteiger partial charge in [-0.25, -0.2) is 0 Å². The molecule has 0 bridgehead atoms. The van der Waals surface area contributed by atoms with E-state index in [9.17, 15) is 4.79 Å². The van der Waals surface area contributed by atoms with Gasteiger partial charge in [-0.1, -0.05) is 0 Å². The molecular formula is C11H14N2O3. The molecule has 1 unspecified atom stereocenters. The van der Waals surface area contributed by atoms with Crippen LogP contribution in [0.5, 0.6) is 5.75 Å². The minimum Gasteiger partial charge on any atom is -0.495 e. The van der Waals surface area contributed by atoms with Crippen LogP contribution in [0.25, 0.3) is 0 Å². The first-order valence-corrected chi connectivity index (χ1v) is 5.17. The molecule has 16 heavy (non-hydrogen) atoms. The van der Waals surface area contributed by atoms with Crippen LogP contribution < -0.4 is 10.1 Å². The van der Waals surface area contributed by atoms with E-state index in [2.05, 4.69) is 10.3 Å². The molecule has 1 atom stereocenters. The maximum Gasteiger partial charge on any atom is 0.194 e. The van der Waals surface area contributed by atoms with E-state index < -0.39 is 6.10 Å². The number of rotatable bonds is 3. The van der Waals surface area contributed by atoms with Gasteiger partial charge < -0.3 is 14.8 Å². The molecule has 1 aromatic rings. The van der Waals surface area contributed by atoms with E-state index in [1.165, 1.54) is 6.20 Å². The Kier molecular flexibility index (Phi) is 3.48. The van der Waals surface area contributed by atoms with Crippen molar-refractivity contribution in [3.8, 4) is 5.75 Å². The van der Waals surface area contributed by atoms with Crippen molar-refractivity contribution in [2.24, 2.45) is 0 Å². The number of nitrogens with one attached hydrogen (secondary N) is 1. The number of carbonyl (C=O) groups excluding carboxylic acids is 1. The van der Waals surface area contributed by atoms with Crippen LogP contribution in [0, 0.1) is 0 Å². The Morgan fingerprint density at radius 2 is 2.50 bits per heavy atom. The summed E-state index contributed by atoms with van der Waals surface area (Å²) in [4.78, 5) is 16.0. The summed E-state index contributed by atoms with van der Waals surface area (Å²) in [7, 11) is 1.55. The number of morpholine rings is 1. The highest BCUT2D eigenvalue weighted by molar-refractivity contribution is 5.99. The number of nitrogens with zero attached hydrogens (tertiary/aromatic N) is 1. The summed E-state index contributed by atoms with van der Waals surface area (Å²) in [6.07, 6.45) is 2.68. The van der Waals surface area contributed by atoms with Crippen LogP contribution in [0.4, 0.5) is 0 Å². The number of ether oxygens (including phenoxy) is 2. The summed E-state index contributed by atoms with van der Waals surface area (Å²) in [5, 5.41) is 3.12. The molecule has 1 fully saturated rings. The van der Waals surface area contributed by atoms with Crippen LogP contribution in [0.2, 0.25) is 0 Å². The third-order valence-electron chi connectivity index (χ3n) is 2.45. The molecule has 2 rings (SSSR count). The third-order valence-corrected chi connectivity index (χ3v) is 2.45. The van der Waals surface area contributed by atoms with E-state index in [0.717, 1.165) is 6.54 Å². The SMILES string of the molecule is COc1cncc(C(=O)C2CNCCO2)c1. The number of hydrogen-bond acceptors (Lipinski definition) is 5. The highest BCUT2D eigenvalue weighted by Gasteiger charge is 2.23. The lowest BCUT2D eigenvalue weighted by Crippen LogP contribution is -2.43. The van der Waals surface area contributed by atoms with Crippen LogP contribution in [0.15, 0.2) is 18.5 Å². The van der Waals surface area contributed by atoms with Gasteiger partial charge in [0.2, 0.25) is 0 Å². The fraction of sp³-hybridized carbons (Fsp3) is 0.455. The number of pyridine rings is 1. The minimum absolute atomic E-state index is 0.0569. The average Bonchev–Trinajstić information content (AvgIpc) is 2.39. The van der Waals surface area contributed by atoms with Gasteiger partial charge in [-0.3, -0.25) is 9.78 Å². The van der Waals surface area contributed by atoms with E-state index in [1.54, 1.807) is 19.4 Å². The Bertz CT molecular complexity index is 375. The van der Waals surface area contributed by atoms with Crippen LogP contribution in [-0.2, 0) is 4.74 Å². The number of hydrogen-bond donors (Lipinski definition) is 1. The Morgan fingerprint density at radius 3 is 3.19 bits per heavy atom. The van der Waals surface area contributed by atoms with Crippen molar-refractivity contribution in [3.05, 3.63) is 24.0 Å². The molecule has 0 spiro atoms. The number of methoxy groups -OCH3 is 1. The third kappa shape index (κ3) is 2.37. The smallest absolute Gasteiger partial charge is 0.194 e. The molecule has 1 aliphatic heterocycles. The van der Waals surface area contributed by atoms with Crippen LogP contribution in [0.1, 0.15) is 10.4 Å². The molecule has 86 valence electrons. The first-order chi connectivity index (χ1) is 7.81. The Morgan fingerprint density at radius 1 is 1.62 bits per heavy atom. The fourth-order valence-electron chi connectivity index (χ4n) is 1.58. The molecule has 5 nitrogen and oxygen atoms in total. The summed E-state index contributed by atoms with van der Waals surface area (Å²) < 4.78 is 10.4. The quantitative estimate of drug-likeness (QED) is 0.743. The second-order valence-corrected chi connectivity index (χ2v) is 3.54. The van der Waals surface area contributed by atoms with Crippen molar-refractivity contribution in [1.82, 2.24) is 10.3 Å². The average molecular weight is 222 g/mol. The van der Waals surface area contributed by atoms with E-state index in [1.807, 2.05) is 0 Å². The van der Waals surface area contributed by atoms with Crippen LogP contribution in [0.3, 0.4) is 0 Å². The summed E-state index contributed by atoms with van der Waals surface area (Å²) in [5.74, 6) is 0.521. The summed E-state index contributed by atoms with van der Waals surface area (Å²) in [5.41, 5.74) is 0.521. The van der Waals surface area contributed by atoms with Crippen molar-refractivity contribution in [2.45, 2.75) is 6.10 Å². The second kappa shape index (κ2) is 5.05. The van der Waals surface area contributed by atoms with Crippen molar-refractivity contribution >= 4 is 5.78 Å². The van der Waals surface area contributed by atoms with Gasteiger partial charge in [-0.15, -0.1) is 0 Å². The predicted octanol–water partition coefficient (Wildman–Crippen LogP) is 0.261. The lowest BCUT2D eigenvalue weighted by atomic mass is 10.1. The zero-order chi connectivity index (χ0) is 11.4. The summed E-state index contributed by atoms with van der Waals surface area (Å²) >= 11 is 0. The first-order valence-electron chi connectivity index (χ1n) is 5.17. The second-order valence-electron chi connectivity index (χ2n) is 3.54. The monoisotopic (exact) mass is 222 g/mol. The van der Waals surface area contributed by atoms with Crippen LogP contribution in [-0.4, -0.2) is 43.7 Å². The van der Waals surface area contributed by atoms with E-state index >= 15 is 0 Å². The first kappa shape index (κ1) is 11.0. The van der Waals surface area contributed by atoms with E-state index in [0.29, 0.717) is 24.5 Å². The van der Waals surface area contributed by atoms with Gasteiger partial charge >= 0.3 is 0 Å². The van der Waals surface area contributed by atoms with Gasteiger partial charge in [-0.2, -0.15) is 0 Å². The normalized spacial score (nSPS) is 20.4. The summed E-state index contributed by atoms with van der Waals surface area (Å²) in [6.45, 7) is 1.91. The number of ketones is 1. The molecule has 5 heteroatoms. The van der Waals surface area contributed by atoms with Gasteiger partial charge in [-0.05, 0) is 6.07 Å². The lowest BCUT2D eigenvalue weighted by molar-refractivity contribution is 0.0269. The molecule has 0 aromatic carbocycles. The highest BCUT2D eigenvalue weighted by atomic mass is 16.5. The molecule has 0 aliphatic carbocycles. The van der Waals surface area contributed by atoms with E-state index in [-0.39, 0.29) is 5.78 Å². The van der Waals surface area contributed by atoms with Crippen molar-refractivity contribution in [3.63, 3.8) is 0 Å². The van der Waals surface area contributed by atoms with Gasteiger partial charge in [0.15, 0.2) is 5.78 Å². The highest BCUT2D eigenvalue weighted by Crippen LogP contribution is 2.13. The maximum absolute atomic E-state index is 12.0. The Labute approximate surface area is 93.8 Å². The van der Waals surface area contributed by atoms with Crippen molar-refractivity contribution in [2.75, 3.05) is 26.8 Å². The molecule has 0 amide bonds. The summed E-state index contributed by atoms with van der Waals surface area (Å²) in [6, 6.07) is 1.67. The lowest BCUT2D eigenvalue weighted by Gasteiger charge is -2.22. The van der Waals surface area contributed by atoms with Gasteiger partial charge in [0.25, 0.3) is 0 Å². The zero-order valence-electron chi connectivity index (χ0n) is 9.10. The van der Waals surface area contributed by atoms with Gasteiger partial charge in [0, 0.05) is 24.8 Å². The van der Waals surface area contributed by atoms with Gasteiger partial charge in [0.1, 0.15) is 11.9 Å². The number of carbonyl (C=O) groups is 1. The molecular weight excluding hydrogens is 208 g/mol. The Balaban J connectivity index is 2.12. The molecule has 2 heterocycles. The number of aromatic nitrogens is 1. The maximum atomic E-state index is 12.0. The predicted molar refractivity (Wildman–Crippen MR) is 57.7 cm³/mol. The number of Topliss-reactive ketones (excluding diaryl/α,β-unsaturated/α-hetero) is 1. The molecule has 0 saturated carbocycles. The van der Waals surface area contributed by atoms with Crippen molar-refractivity contribution in [1.29, 1.82) is 0 Å². The zero-order valence-corrected chi connectivity index (χ0v) is 9.10.